The Morgan fingerprint density at radius 2 is 2.25 bits per heavy atom. The van der Waals surface area contributed by atoms with Crippen LogP contribution in [0.1, 0.15) is 36.8 Å². The van der Waals surface area contributed by atoms with Crippen LogP contribution in [0.2, 0.25) is 0 Å². The van der Waals surface area contributed by atoms with Crippen LogP contribution in [0, 0.1) is 12.8 Å². The molecule has 110 valence electrons. The van der Waals surface area contributed by atoms with Crippen LogP contribution in [-0.2, 0) is 11.3 Å². The Bertz CT molecular complexity index is 474. The third-order valence-corrected chi connectivity index (χ3v) is 3.98. The van der Waals surface area contributed by atoms with Gasteiger partial charge in [-0.3, -0.25) is 4.79 Å². The zero-order valence-electron chi connectivity index (χ0n) is 12.3. The summed E-state index contributed by atoms with van der Waals surface area (Å²) in [5.74, 6) is 1.00. The number of aryl methyl sites for hydroxylation is 1. The minimum atomic E-state index is 0.0650. The number of methoxy groups -OCH3 is 1. The first-order valence-corrected chi connectivity index (χ1v) is 7.27. The smallest absolute Gasteiger partial charge is 0.223 e. The standard InChI is InChI=1S/C16H24N2O2/c1-11-6-7-13(15(8-11)20-2)10-18-16(19)12-4-3-5-14(17)9-12/h6-8,12,14H,3-5,9-10,17H2,1-2H3,(H,18,19). The largest absolute Gasteiger partial charge is 0.496 e. The molecule has 0 heterocycles. The van der Waals surface area contributed by atoms with Crippen LogP contribution in [0.5, 0.6) is 5.75 Å². The highest BCUT2D eigenvalue weighted by molar-refractivity contribution is 5.78. The van der Waals surface area contributed by atoms with Gasteiger partial charge in [0.1, 0.15) is 5.75 Å². The molecule has 0 aromatic heterocycles. The third-order valence-electron chi connectivity index (χ3n) is 3.98. The van der Waals surface area contributed by atoms with E-state index in [1.165, 1.54) is 0 Å². The molecule has 1 aromatic rings. The van der Waals surface area contributed by atoms with Crippen molar-refractivity contribution in [1.29, 1.82) is 0 Å². The summed E-state index contributed by atoms with van der Waals surface area (Å²) in [5.41, 5.74) is 8.09. The van der Waals surface area contributed by atoms with Crippen LogP contribution in [-0.4, -0.2) is 19.1 Å². The molecule has 1 aliphatic carbocycles. The molecule has 0 bridgehead atoms. The molecule has 2 unspecified atom stereocenters. The Kier molecular flexibility index (Phi) is 5.01. The molecule has 4 nitrogen and oxygen atoms in total. The van der Waals surface area contributed by atoms with Gasteiger partial charge in [0, 0.05) is 24.1 Å². The molecule has 2 rings (SSSR count). The van der Waals surface area contributed by atoms with Gasteiger partial charge in [-0.1, -0.05) is 18.6 Å². The number of benzene rings is 1. The van der Waals surface area contributed by atoms with E-state index in [2.05, 4.69) is 5.32 Å². The van der Waals surface area contributed by atoms with E-state index in [9.17, 15) is 4.79 Å². The lowest BCUT2D eigenvalue weighted by atomic mass is 9.85. The topological polar surface area (TPSA) is 64.3 Å². The molecule has 1 amide bonds. The van der Waals surface area contributed by atoms with Crippen molar-refractivity contribution >= 4 is 5.91 Å². The molecular formula is C16H24N2O2. The lowest BCUT2D eigenvalue weighted by molar-refractivity contribution is -0.126. The molecule has 0 radical (unpaired) electrons. The van der Waals surface area contributed by atoms with Crippen LogP contribution < -0.4 is 15.8 Å². The molecule has 20 heavy (non-hydrogen) atoms. The third kappa shape index (κ3) is 3.73. The van der Waals surface area contributed by atoms with E-state index < -0.39 is 0 Å². The number of carbonyl (C=O) groups excluding carboxylic acids is 1. The van der Waals surface area contributed by atoms with Crippen molar-refractivity contribution in [3.8, 4) is 5.75 Å². The summed E-state index contributed by atoms with van der Waals surface area (Å²) in [7, 11) is 1.65. The number of nitrogens with two attached hydrogens (primary N) is 1. The monoisotopic (exact) mass is 276 g/mol. The van der Waals surface area contributed by atoms with E-state index in [1.807, 2.05) is 25.1 Å². The minimum Gasteiger partial charge on any atom is -0.496 e. The fourth-order valence-electron chi connectivity index (χ4n) is 2.79. The van der Waals surface area contributed by atoms with E-state index in [4.69, 9.17) is 10.5 Å². The van der Waals surface area contributed by atoms with Crippen molar-refractivity contribution in [2.24, 2.45) is 11.7 Å². The molecular weight excluding hydrogens is 252 g/mol. The molecule has 1 aromatic carbocycles. The average Bonchev–Trinajstić information content (AvgIpc) is 2.45. The van der Waals surface area contributed by atoms with Gasteiger partial charge in [0.25, 0.3) is 0 Å². The Morgan fingerprint density at radius 1 is 1.45 bits per heavy atom. The summed E-state index contributed by atoms with van der Waals surface area (Å²) in [4.78, 5) is 12.2. The van der Waals surface area contributed by atoms with Gasteiger partial charge in [0.2, 0.25) is 5.91 Å². The zero-order chi connectivity index (χ0) is 14.5. The normalized spacial score (nSPS) is 22.4. The summed E-state index contributed by atoms with van der Waals surface area (Å²) in [5, 5.41) is 3.01. The van der Waals surface area contributed by atoms with Crippen molar-refractivity contribution in [2.75, 3.05) is 7.11 Å². The number of ether oxygens (including phenoxy) is 1. The van der Waals surface area contributed by atoms with Gasteiger partial charge in [-0.25, -0.2) is 0 Å². The summed E-state index contributed by atoms with van der Waals surface area (Å²) >= 11 is 0. The van der Waals surface area contributed by atoms with Gasteiger partial charge in [-0.2, -0.15) is 0 Å². The van der Waals surface area contributed by atoms with E-state index in [1.54, 1.807) is 7.11 Å². The van der Waals surface area contributed by atoms with Crippen LogP contribution in [0.25, 0.3) is 0 Å². The lowest BCUT2D eigenvalue weighted by Crippen LogP contribution is -2.37. The Labute approximate surface area is 120 Å². The summed E-state index contributed by atoms with van der Waals surface area (Å²) in [6.07, 6.45) is 3.84. The predicted octanol–water partition coefficient (Wildman–Crippen LogP) is 2.14. The predicted molar refractivity (Wildman–Crippen MR) is 79.5 cm³/mol. The summed E-state index contributed by atoms with van der Waals surface area (Å²) < 4.78 is 5.35. The molecule has 0 saturated heterocycles. The van der Waals surface area contributed by atoms with Gasteiger partial charge >= 0.3 is 0 Å². The molecule has 1 aliphatic rings. The minimum absolute atomic E-state index is 0.0650. The van der Waals surface area contributed by atoms with Crippen LogP contribution in [0.15, 0.2) is 18.2 Å². The maximum Gasteiger partial charge on any atom is 0.223 e. The first-order chi connectivity index (χ1) is 9.60. The zero-order valence-corrected chi connectivity index (χ0v) is 12.3. The second kappa shape index (κ2) is 6.75. The molecule has 0 spiro atoms. The Hall–Kier alpha value is -1.55. The van der Waals surface area contributed by atoms with Gasteiger partial charge in [0.05, 0.1) is 7.11 Å². The van der Waals surface area contributed by atoms with Crippen molar-refractivity contribution in [3.05, 3.63) is 29.3 Å². The highest BCUT2D eigenvalue weighted by atomic mass is 16.5. The number of hydrogen-bond donors (Lipinski definition) is 2. The maximum atomic E-state index is 12.2. The van der Waals surface area contributed by atoms with Crippen molar-refractivity contribution in [2.45, 2.75) is 45.2 Å². The van der Waals surface area contributed by atoms with Crippen LogP contribution in [0.3, 0.4) is 0 Å². The van der Waals surface area contributed by atoms with Crippen molar-refractivity contribution < 1.29 is 9.53 Å². The first kappa shape index (κ1) is 14.9. The SMILES string of the molecule is COc1cc(C)ccc1CNC(=O)C1CCCC(N)C1. The average molecular weight is 276 g/mol. The number of nitrogens with one attached hydrogen (secondary N) is 1. The first-order valence-electron chi connectivity index (χ1n) is 7.27. The number of carbonyl (C=O) groups is 1. The highest BCUT2D eigenvalue weighted by Crippen LogP contribution is 2.24. The second-order valence-corrected chi connectivity index (χ2v) is 5.66. The van der Waals surface area contributed by atoms with Gasteiger partial charge in [-0.05, 0) is 37.8 Å². The highest BCUT2D eigenvalue weighted by Gasteiger charge is 2.25. The Balaban J connectivity index is 1.93. The van der Waals surface area contributed by atoms with E-state index in [0.29, 0.717) is 6.54 Å². The number of rotatable bonds is 4. The fourth-order valence-corrected chi connectivity index (χ4v) is 2.79. The number of amides is 1. The van der Waals surface area contributed by atoms with Crippen molar-refractivity contribution in [1.82, 2.24) is 5.32 Å². The molecule has 4 heteroatoms. The summed E-state index contributed by atoms with van der Waals surface area (Å²) in [6, 6.07) is 6.19. The fraction of sp³-hybridized carbons (Fsp3) is 0.562. The van der Waals surface area contributed by atoms with Crippen LogP contribution >= 0.6 is 0 Å². The van der Waals surface area contributed by atoms with Crippen molar-refractivity contribution in [3.63, 3.8) is 0 Å². The summed E-state index contributed by atoms with van der Waals surface area (Å²) in [6.45, 7) is 2.53. The second-order valence-electron chi connectivity index (χ2n) is 5.66. The Morgan fingerprint density at radius 3 is 2.95 bits per heavy atom. The van der Waals surface area contributed by atoms with Gasteiger partial charge in [-0.15, -0.1) is 0 Å². The van der Waals surface area contributed by atoms with E-state index in [0.717, 1.165) is 42.6 Å². The maximum absolute atomic E-state index is 12.2. The molecule has 3 N–H and O–H groups in total. The molecule has 1 saturated carbocycles. The van der Waals surface area contributed by atoms with E-state index in [-0.39, 0.29) is 17.9 Å². The molecule has 0 aliphatic heterocycles. The molecule has 2 atom stereocenters. The molecule has 1 fully saturated rings. The van der Waals surface area contributed by atoms with E-state index >= 15 is 0 Å². The quantitative estimate of drug-likeness (QED) is 0.885. The van der Waals surface area contributed by atoms with Gasteiger partial charge in [0.15, 0.2) is 0 Å². The number of hydrogen-bond acceptors (Lipinski definition) is 3. The van der Waals surface area contributed by atoms with Crippen LogP contribution in [0.4, 0.5) is 0 Å². The van der Waals surface area contributed by atoms with Gasteiger partial charge < -0.3 is 15.8 Å². The lowest BCUT2D eigenvalue weighted by Gasteiger charge is -2.25.